The van der Waals surface area contributed by atoms with E-state index in [0.29, 0.717) is 16.6 Å². The molecule has 17 heavy (non-hydrogen) atoms. The van der Waals surface area contributed by atoms with Gasteiger partial charge < -0.3 is 15.7 Å². The van der Waals surface area contributed by atoms with E-state index in [4.69, 9.17) is 5.11 Å². The Morgan fingerprint density at radius 2 is 2.29 bits per heavy atom. The molecule has 1 atom stereocenters. The zero-order chi connectivity index (χ0) is 12.8. The Bertz CT molecular complexity index is 397. The monoisotopic (exact) mass is 304 g/mol. The van der Waals surface area contributed by atoms with E-state index in [1.54, 1.807) is 0 Å². The van der Waals surface area contributed by atoms with E-state index in [9.17, 15) is 9.18 Å². The third-order valence-corrected chi connectivity index (χ3v) is 2.92. The van der Waals surface area contributed by atoms with Crippen molar-refractivity contribution in [2.75, 3.05) is 11.9 Å². The molecule has 0 radical (unpaired) electrons. The lowest BCUT2D eigenvalue weighted by Crippen LogP contribution is -2.39. The van der Waals surface area contributed by atoms with E-state index in [2.05, 4.69) is 26.6 Å². The van der Waals surface area contributed by atoms with Gasteiger partial charge >= 0.3 is 6.03 Å². The predicted molar refractivity (Wildman–Crippen MR) is 67.4 cm³/mol. The van der Waals surface area contributed by atoms with Crippen LogP contribution in [0.3, 0.4) is 0 Å². The Morgan fingerprint density at radius 1 is 1.59 bits per heavy atom. The molecule has 1 rings (SSSR count). The Morgan fingerprint density at radius 3 is 2.88 bits per heavy atom. The molecule has 0 fully saturated rings. The van der Waals surface area contributed by atoms with Crippen LogP contribution >= 0.6 is 15.9 Å². The SMILES string of the molecule is CC[C@@H](CO)NC(=O)Nc1cc(F)ccc1Br. The topological polar surface area (TPSA) is 61.4 Å². The highest BCUT2D eigenvalue weighted by atomic mass is 79.9. The van der Waals surface area contributed by atoms with Gasteiger partial charge in [-0.2, -0.15) is 0 Å². The average molecular weight is 305 g/mol. The van der Waals surface area contributed by atoms with E-state index >= 15 is 0 Å². The van der Waals surface area contributed by atoms with Crippen LogP contribution in [0.4, 0.5) is 14.9 Å². The van der Waals surface area contributed by atoms with Gasteiger partial charge in [0, 0.05) is 4.47 Å². The molecule has 94 valence electrons. The second-order valence-electron chi connectivity index (χ2n) is 3.51. The molecule has 1 aromatic rings. The van der Waals surface area contributed by atoms with Crippen LogP contribution in [0.1, 0.15) is 13.3 Å². The van der Waals surface area contributed by atoms with Crippen LogP contribution in [0.5, 0.6) is 0 Å². The van der Waals surface area contributed by atoms with Crippen molar-refractivity contribution in [2.45, 2.75) is 19.4 Å². The van der Waals surface area contributed by atoms with Crippen molar-refractivity contribution < 1.29 is 14.3 Å². The van der Waals surface area contributed by atoms with Crippen LogP contribution in [0.15, 0.2) is 22.7 Å². The zero-order valence-corrected chi connectivity index (χ0v) is 10.9. The standard InChI is InChI=1S/C11H14BrFN2O2/c1-2-8(6-16)14-11(17)15-10-5-7(13)3-4-9(10)12/h3-5,8,16H,2,6H2,1H3,(H2,14,15,17)/t8-/m0/s1. The van der Waals surface area contributed by atoms with Crippen molar-refractivity contribution in [3.05, 3.63) is 28.5 Å². The number of hydrogen-bond donors (Lipinski definition) is 3. The summed E-state index contributed by atoms with van der Waals surface area (Å²) in [4.78, 5) is 11.5. The molecular weight excluding hydrogens is 291 g/mol. The number of urea groups is 1. The van der Waals surface area contributed by atoms with Gasteiger partial charge in [-0.05, 0) is 40.5 Å². The van der Waals surface area contributed by atoms with E-state index in [-0.39, 0.29) is 12.6 Å². The molecule has 0 aliphatic rings. The van der Waals surface area contributed by atoms with Gasteiger partial charge in [0.2, 0.25) is 0 Å². The molecule has 0 unspecified atom stereocenters. The largest absolute Gasteiger partial charge is 0.394 e. The van der Waals surface area contributed by atoms with Crippen molar-refractivity contribution >= 4 is 27.6 Å². The first kappa shape index (κ1) is 13.9. The number of benzene rings is 1. The summed E-state index contributed by atoms with van der Waals surface area (Å²) in [5.41, 5.74) is 0.343. The van der Waals surface area contributed by atoms with Crippen LogP contribution < -0.4 is 10.6 Å². The fourth-order valence-electron chi connectivity index (χ4n) is 1.21. The fourth-order valence-corrected chi connectivity index (χ4v) is 1.56. The maximum atomic E-state index is 13.0. The highest BCUT2D eigenvalue weighted by Crippen LogP contribution is 2.22. The van der Waals surface area contributed by atoms with Gasteiger partial charge in [-0.15, -0.1) is 0 Å². The van der Waals surface area contributed by atoms with Crippen molar-refractivity contribution in [3.63, 3.8) is 0 Å². The van der Waals surface area contributed by atoms with Crippen LogP contribution in [0.25, 0.3) is 0 Å². The molecule has 0 spiro atoms. The minimum absolute atomic E-state index is 0.131. The van der Waals surface area contributed by atoms with Gasteiger partial charge in [-0.1, -0.05) is 6.92 Å². The molecule has 0 saturated heterocycles. The Kier molecular flexibility index (Phi) is 5.37. The number of amides is 2. The van der Waals surface area contributed by atoms with Gasteiger partial charge in [0.05, 0.1) is 18.3 Å². The number of rotatable bonds is 4. The lowest BCUT2D eigenvalue weighted by molar-refractivity contribution is 0.222. The average Bonchev–Trinajstić information content (AvgIpc) is 2.31. The summed E-state index contributed by atoms with van der Waals surface area (Å²) in [6.45, 7) is 1.72. The van der Waals surface area contributed by atoms with E-state index in [1.807, 2.05) is 6.92 Å². The van der Waals surface area contributed by atoms with E-state index in [0.717, 1.165) is 0 Å². The Balaban J connectivity index is 2.64. The van der Waals surface area contributed by atoms with Crippen molar-refractivity contribution in [1.82, 2.24) is 5.32 Å². The molecule has 6 heteroatoms. The number of carbonyl (C=O) groups excluding carboxylic acids is 1. The summed E-state index contributed by atoms with van der Waals surface area (Å²) in [7, 11) is 0. The van der Waals surface area contributed by atoms with Gasteiger partial charge in [0.1, 0.15) is 5.82 Å². The molecule has 2 amide bonds. The van der Waals surface area contributed by atoms with Crippen LogP contribution in [0.2, 0.25) is 0 Å². The van der Waals surface area contributed by atoms with Gasteiger partial charge in [-0.3, -0.25) is 0 Å². The van der Waals surface area contributed by atoms with Gasteiger partial charge in [-0.25, -0.2) is 9.18 Å². The minimum atomic E-state index is -0.475. The summed E-state index contributed by atoms with van der Waals surface area (Å²) < 4.78 is 13.5. The summed E-state index contributed by atoms with van der Waals surface area (Å²) in [5, 5.41) is 14.0. The maximum absolute atomic E-state index is 13.0. The molecular formula is C11H14BrFN2O2. The fraction of sp³-hybridized carbons (Fsp3) is 0.364. The van der Waals surface area contributed by atoms with E-state index in [1.165, 1.54) is 18.2 Å². The second kappa shape index (κ2) is 6.56. The first-order chi connectivity index (χ1) is 8.06. The molecule has 0 bridgehead atoms. The third kappa shape index (κ3) is 4.32. The van der Waals surface area contributed by atoms with Gasteiger partial charge in [0.25, 0.3) is 0 Å². The Labute approximate surface area is 107 Å². The molecule has 0 aliphatic heterocycles. The third-order valence-electron chi connectivity index (χ3n) is 2.23. The zero-order valence-electron chi connectivity index (χ0n) is 9.34. The number of anilines is 1. The number of nitrogens with one attached hydrogen (secondary N) is 2. The number of aliphatic hydroxyl groups is 1. The molecule has 0 saturated carbocycles. The molecule has 1 aromatic carbocycles. The van der Waals surface area contributed by atoms with Crippen LogP contribution in [0, 0.1) is 5.82 Å². The van der Waals surface area contributed by atoms with Crippen molar-refractivity contribution in [1.29, 1.82) is 0 Å². The molecule has 0 heterocycles. The lowest BCUT2D eigenvalue weighted by Gasteiger charge is -2.15. The summed E-state index contributed by atoms with van der Waals surface area (Å²) in [5.74, 6) is -0.433. The van der Waals surface area contributed by atoms with Crippen LogP contribution in [-0.2, 0) is 0 Å². The summed E-state index contributed by atoms with van der Waals surface area (Å²) in [6.07, 6.45) is 0.619. The molecule has 4 nitrogen and oxygen atoms in total. The first-order valence-electron chi connectivity index (χ1n) is 5.20. The quantitative estimate of drug-likeness (QED) is 0.800. The molecule has 0 aliphatic carbocycles. The van der Waals surface area contributed by atoms with E-state index < -0.39 is 11.8 Å². The lowest BCUT2D eigenvalue weighted by atomic mass is 10.2. The molecule has 3 N–H and O–H groups in total. The summed E-state index contributed by atoms with van der Waals surface area (Å²) in [6, 6.07) is 3.23. The number of halogens is 2. The predicted octanol–water partition coefficient (Wildman–Crippen LogP) is 2.48. The number of carbonyl (C=O) groups is 1. The molecule has 0 aromatic heterocycles. The summed E-state index contributed by atoms with van der Waals surface area (Å²) >= 11 is 3.20. The second-order valence-corrected chi connectivity index (χ2v) is 4.36. The van der Waals surface area contributed by atoms with Crippen molar-refractivity contribution in [3.8, 4) is 0 Å². The number of aliphatic hydroxyl groups excluding tert-OH is 1. The van der Waals surface area contributed by atoms with Crippen molar-refractivity contribution in [2.24, 2.45) is 0 Å². The number of hydrogen-bond acceptors (Lipinski definition) is 2. The van der Waals surface area contributed by atoms with Crippen LogP contribution in [-0.4, -0.2) is 23.8 Å². The normalized spacial score (nSPS) is 12.0. The highest BCUT2D eigenvalue weighted by molar-refractivity contribution is 9.10. The maximum Gasteiger partial charge on any atom is 0.319 e. The minimum Gasteiger partial charge on any atom is -0.394 e. The smallest absolute Gasteiger partial charge is 0.319 e. The first-order valence-corrected chi connectivity index (χ1v) is 5.99. The Hall–Kier alpha value is -1.14. The highest BCUT2D eigenvalue weighted by Gasteiger charge is 2.10. The van der Waals surface area contributed by atoms with Gasteiger partial charge in [0.15, 0.2) is 0 Å².